The quantitative estimate of drug-likeness (QED) is 0.853. The van der Waals surface area contributed by atoms with Gasteiger partial charge < -0.3 is 9.73 Å². The molecular weight excluding hydrogens is 274 g/mol. The van der Waals surface area contributed by atoms with E-state index in [9.17, 15) is 8.42 Å². The molecule has 1 N–H and O–H groups in total. The van der Waals surface area contributed by atoms with Gasteiger partial charge in [-0.05, 0) is 25.6 Å². The molecule has 0 aliphatic carbocycles. The SMILES string of the molecule is CCCCS(=O)(=O)CC(NC)c1cc2ccccc2o1. The van der Waals surface area contributed by atoms with Gasteiger partial charge in [-0.1, -0.05) is 31.5 Å². The maximum atomic E-state index is 12.1. The molecule has 0 fully saturated rings. The molecule has 0 aliphatic heterocycles. The van der Waals surface area contributed by atoms with Crippen LogP contribution < -0.4 is 5.32 Å². The van der Waals surface area contributed by atoms with E-state index >= 15 is 0 Å². The molecule has 1 heterocycles. The third kappa shape index (κ3) is 3.61. The summed E-state index contributed by atoms with van der Waals surface area (Å²) in [5, 5.41) is 4.03. The van der Waals surface area contributed by atoms with Gasteiger partial charge in [0.2, 0.25) is 0 Å². The zero-order valence-corrected chi connectivity index (χ0v) is 12.7. The van der Waals surface area contributed by atoms with Crippen molar-refractivity contribution in [3.63, 3.8) is 0 Å². The third-order valence-corrected chi connectivity index (χ3v) is 5.12. The molecule has 1 aromatic heterocycles. The Morgan fingerprint density at radius 1 is 1.30 bits per heavy atom. The van der Waals surface area contributed by atoms with Crippen molar-refractivity contribution >= 4 is 20.8 Å². The van der Waals surface area contributed by atoms with Crippen molar-refractivity contribution < 1.29 is 12.8 Å². The molecule has 110 valence electrons. The van der Waals surface area contributed by atoms with Crippen LogP contribution in [0.1, 0.15) is 31.6 Å². The smallest absolute Gasteiger partial charge is 0.152 e. The van der Waals surface area contributed by atoms with Gasteiger partial charge in [-0.2, -0.15) is 0 Å². The number of sulfone groups is 1. The summed E-state index contributed by atoms with van der Waals surface area (Å²) in [6, 6.07) is 9.30. The summed E-state index contributed by atoms with van der Waals surface area (Å²) in [6.45, 7) is 1.99. The molecule has 1 atom stereocenters. The predicted octanol–water partition coefficient (Wildman–Crippen LogP) is 2.91. The molecule has 2 aromatic rings. The first-order chi connectivity index (χ1) is 9.55. The monoisotopic (exact) mass is 295 g/mol. The number of nitrogens with one attached hydrogen (secondary N) is 1. The second-order valence-electron chi connectivity index (χ2n) is 5.00. The minimum absolute atomic E-state index is 0.0727. The molecule has 5 heteroatoms. The molecule has 0 amide bonds. The van der Waals surface area contributed by atoms with Crippen LogP contribution in [-0.4, -0.2) is 27.0 Å². The molecule has 0 radical (unpaired) electrons. The maximum absolute atomic E-state index is 12.1. The highest BCUT2D eigenvalue weighted by Crippen LogP contribution is 2.24. The number of para-hydroxylation sites is 1. The number of benzene rings is 1. The fourth-order valence-electron chi connectivity index (χ4n) is 2.18. The van der Waals surface area contributed by atoms with E-state index < -0.39 is 9.84 Å². The summed E-state index contributed by atoms with van der Waals surface area (Å²) in [6.07, 6.45) is 1.59. The number of rotatable bonds is 7. The highest BCUT2D eigenvalue weighted by Gasteiger charge is 2.22. The van der Waals surface area contributed by atoms with E-state index in [0.29, 0.717) is 12.2 Å². The molecule has 4 nitrogen and oxygen atoms in total. The minimum atomic E-state index is -3.06. The van der Waals surface area contributed by atoms with Gasteiger partial charge in [-0.3, -0.25) is 0 Å². The Hall–Kier alpha value is -1.33. The van der Waals surface area contributed by atoms with E-state index in [-0.39, 0.29) is 17.5 Å². The minimum Gasteiger partial charge on any atom is -0.459 e. The van der Waals surface area contributed by atoms with Crippen LogP contribution in [0.15, 0.2) is 34.7 Å². The van der Waals surface area contributed by atoms with Crippen molar-refractivity contribution in [2.45, 2.75) is 25.8 Å². The standard InChI is InChI=1S/C15H21NO3S/c1-3-4-9-20(17,18)11-13(16-2)15-10-12-7-5-6-8-14(12)19-15/h5-8,10,13,16H,3-4,9,11H2,1-2H3. The summed E-state index contributed by atoms with van der Waals surface area (Å²) in [5.74, 6) is 0.986. The fourth-order valence-corrected chi connectivity index (χ4v) is 3.92. The van der Waals surface area contributed by atoms with E-state index in [1.165, 1.54) is 0 Å². The van der Waals surface area contributed by atoms with Crippen molar-refractivity contribution in [2.75, 3.05) is 18.6 Å². The van der Waals surface area contributed by atoms with Gasteiger partial charge in [0.15, 0.2) is 9.84 Å². The van der Waals surface area contributed by atoms with Crippen LogP contribution in [-0.2, 0) is 9.84 Å². The number of furan rings is 1. The van der Waals surface area contributed by atoms with E-state index in [0.717, 1.165) is 17.4 Å². The Kier molecular flexibility index (Phi) is 4.83. The van der Waals surface area contributed by atoms with Gasteiger partial charge in [0.1, 0.15) is 11.3 Å². The molecule has 0 aliphatic rings. The number of fused-ring (bicyclic) bond motifs is 1. The summed E-state index contributed by atoms with van der Waals surface area (Å²) in [7, 11) is -1.31. The number of hydrogen-bond donors (Lipinski definition) is 1. The van der Waals surface area contributed by atoms with Gasteiger partial charge in [-0.15, -0.1) is 0 Å². The number of unbranched alkanes of at least 4 members (excludes halogenated alkanes) is 1. The van der Waals surface area contributed by atoms with Crippen LogP contribution in [0.25, 0.3) is 11.0 Å². The molecule has 0 bridgehead atoms. The summed E-state index contributed by atoms with van der Waals surface area (Å²) in [5.41, 5.74) is 0.786. The average Bonchev–Trinajstić information content (AvgIpc) is 2.86. The van der Waals surface area contributed by atoms with E-state index in [4.69, 9.17) is 4.42 Å². The van der Waals surface area contributed by atoms with Crippen LogP contribution >= 0.6 is 0 Å². The topological polar surface area (TPSA) is 59.3 Å². The predicted molar refractivity (Wildman–Crippen MR) is 81.6 cm³/mol. The lowest BCUT2D eigenvalue weighted by Gasteiger charge is -2.13. The normalized spacial score (nSPS) is 13.7. The second-order valence-corrected chi connectivity index (χ2v) is 7.22. The fraction of sp³-hybridized carbons (Fsp3) is 0.467. The molecular formula is C15H21NO3S. The van der Waals surface area contributed by atoms with Gasteiger partial charge in [0.25, 0.3) is 0 Å². The lowest BCUT2D eigenvalue weighted by atomic mass is 10.2. The molecule has 20 heavy (non-hydrogen) atoms. The van der Waals surface area contributed by atoms with Crippen molar-refractivity contribution in [3.8, 4) is 0 Å². The van der Waals surface area contributed by atoms with Crippen molar-refractivity contribution in [2.24, 2.45) is 0 Å². The van der Waals surface area contributed by atoms with Crippen LogP contribution in [0.2, 0.25) is 0 Å². The number of hydrogen-bond acceptors (Lipinski definition) is 4. The summed E-state index contributed by atoms with van der Waals surface area (Å²) >= 11 is 0. The largest absolute Gasteiger partial charge is 0.459 e. The van der Waals surface area contributed by atoms with Crippen LogP contribution in [0.3, 0.4) is 0 Å². The van der Waals surface area contributed by atoms with Gasteiger partial charge in [0, 0.05) is 5.39 Å². The lowest BCUT2D eigenvalue weighted by molar-refractivity contribution is 0.471. The molecule has 2 rings (SSSR count). The zero-order valence-electron chi connectivity index (χ0n) is 11.9. The van der Waals surface area contributed by atoms with Gasteiger partial charge in [0.05, 0.1) is 17.5 Å². The maximum Gasteiger partial charge on any atom is 0.152 e. The Bertz CT molecular complexity index is 628. The first-order valence-electron chi connectivity index (χ1n) is 6.92. The molecule has 0 saturated carbocycles. The first-order valence-corrected chi connectivity index (χ1v) is 8.74. The van der Waals surface area contributed by atoms with E-state index in [1.54, 1.807) is 7.05 Å². The lowest BCUT2D eigenvalue weighted by Crippen LogP contribution is -2.26. The van der Waals surface area contributed by atoms with Gasteiger partial charge in [-0.25, -0.2) is 8.42 Å². The molecule has 1 unspecified atom stereocenters. The first kappa shape index (κ1) is 15.1. The molecule has 0 spiro atoms. The summed E-state index contributed by atoms with van der Waals surface area (Å²) < 4.78 is 29.9. The Labute approximate surface area is 120 Å². The van der Waals surface area contributed by atoms with Crippen molar-refractivity contribution in [1.29, 1.82) is 0 Å². The average molecular weight is 295 g/mol. The molecule has 0 saturated heterocycles. The highest BCUT2D eigenvalue weighted by atomic mass is 32.2. The third-order valence-electron chi connectivity index (χ3n) is 3.37. The van der Waals surface area contributed by atoms with Crippen molar-refractivity contribution in [3.05, 3.63) is 36.1 Å². The highest BCUT2D eigenvalue weighted by molar-refractivity contribution is 7.91. The van der Waals surface area contributed by atoms with Gasteiger partial charge >= 0.3 is 0 Å². The van der Waals surface area contributed by atoms with E-state index in [2.05, 4.69) is 5.32 Å². The van der Waals surface area contributed by atoms with Crippen LogP contribution in [0.4, 0.5) is 0 Å². The van der Waals surface area contributed by atoms with Crippen LogP contribution in [0, 0.1) is 0 Å². The van der Waals surface area contributed by atoms with Crippen molar-refractivity contribution in [1.82, 2.24) is 5.32 Å². The second kappa shape index (κ2) is 6.41. The molecule has 1 aromatic carbocycles. The van der Waals surface area contributed by atoms with Crippen LogP contribution in [0.5, 0.6) is 0 Å². The van der Waals surface area contributed by atoms with E-state index in [1.807, 2.05) is 37.3 Å². The zero-order chi connectivity index (χ0) is 14.6. The Morgan fingerprint density at radius 2 is 2.05 bits per heavy atom. The summed E-state index contributed by atoms with van der Waals surface area (Å²) in [4.78, 5) is 0. The Balaban J connectivity index is 2.19. The Morgan fingerprint density at radius 3 is 2.70 bits per heavy atom.